The number of Topliss-reactive ketones (excluding diaryl/α,β-unsaturated/α-hetero) is 1. The van der Waals surface area contributed by atoms with E-state index in [0.717, 1.165) is 0 Å². The van der Waals surface area contributed by atoms with Crippen molar-refractivity contribution in [3.05, 3.63) is 57.2 Å². The molecule has 0 aliphatic heterocycles. The van der Waals surface area contributed by atoms with E-state index in [4.69, 9.17) is 16.0 Å². The van der Waals surface area contributed by atoms with E-state index in [0.29, 0.717) is 15.3 Å². The van der Waals surface area contributed by atoms with Gasteiger partial charge >= 0.3 is 0 Å². The normalized spacial score (nSPS) is 10.5. The molecule has 0 atom stereocenters. The second-order valence-electron chi connectivity index (χ2n) is 3.44. The number of rotatable bonds is 3. The van der Waals surface area contributed by atoms with Crippen molar-refractivity contribution < 1.29 is 13.6 Å². The summed E-state index contributed by atoms with van der Waals surface area (Å²) in [7, 11) is 0. The highest BCUT2D eigenvalue weighted by molar-refractivity contribution is 9.10. The molecule has 0 saturated heterocycles. The van der Waals surface area contributed by atoms with Crippen molar-refractivity contribution in [2.45, 2.75) is 6.42 Å². The Morgan fingerprint density at radius 2 is 2.18 bits per heavy atom. The summed E-state index contributed by atoms with van der Waals surface area (Å²) in [6.07, 6.45) is 1.34. The highest BCUT2D eigenvalue weighted by Crippen LogP contribution is 2.21. The summed E-state index contributed by atoms with van der Waals surface area (Å²) in [6, 6.07) is 5.67. The van der Waals surface area contributed by atoms with Crippen LogP contribution in [0, 0.1) is 5.82 Å². The maximum Gasteiger partial charge on any atom is 0.179 e. The number of ketones is 1. The Hall–Kier alpha value is -1.13. The monoisotopic (exact) mass is 316 g/mol. The molecule has 88 valence electrons. The van der Waals surface area contributed by atoms with Gasteiger partial charge in [0.1, 0.15) is 5.82 Å². The lowest BCUT2D eigenvalue weighted by molar-refractivity contribution is 0.0990. The van der Waals surface area contributed by atoms with Crippen LogP contribution in [0.25, 0.3) is 0 Å². The third kappa shape index (κ3) is 2.76. The van der Waals surface area contributed by atoms with E-state index < -0.39 is 5.82 Å². The predicted octanol–water partition coefficient (Wildman–Crippen LogP) is 4.26. The third-order valence-corrected chi connectivity index (χ3v) is 3.13. The number of hydrogen-bond acceptors (Lipinski definition) is 2. The maximum absolute atomic E-state index is 13.4. The third-order valence-electron chi connectivity index (χ3n) is 2.28. The van der Waals surface area contributed by atoms with Crippen LogP contribution in [-0.4, -0.2) is 5.78 Å². The van der Waals surface area contributed by atoms with Gasteiger partial charge in [-0.1, -0.05) is 11.6 Å². The fraction of sp³-hybridized carbons (Fsp3) is 0.0833. The summed E-state index contributed by atoms with van der Waals surface area (Å²) in [4.78, 5) is 11.9. The van der Waals surface area contributed by atoms with Gasteiger partial charge in [0.25, 0.3) is 0 Å². The van der Waals surface area contributed by atoms with Gasteiger partial charge in [-0.05, 0) is 45.8 Å². The van der Waals surface area contributed by atoms with Crippen LogP contribution in [-0.2, 0) is 6.42 Å². The van der Waals surface area contributed by atoms with E-state index in [1.54, 1.807) is 0 Å². The average molecular weight is 318 g/mol. The van der Waals surface area contributed by atoms with Crippen molar-refractivity contribution in [3.8, 4) is 0 Å². The zero-order valence-corrected chi connectivity index (χ0v) is 10.9. The largest absolute Gasteiger partial charge is 0.457 e. The molecule has 2 rings (SSSR count). The molecule has 0 spiro atoms. The second-order valence-corrected chi connectivity index (χ2v) is 4.60. The Labute approximate surface area is 111 Å². The average Bonchev–Trinajstić information content (AvgIpc) is 2.70. The Bertz CT molecular complexity index is 565. The van der Waals surface area contributed by atoms with Crippen LogP contribution < -0.4 is 0 Å². The van der Waals surface area contributed by atoms with Gasteiger partial charge in [0.2, 0.25) is 0 Å². The van der Waals surface area contributed by atoms with E-state index in [1.807, 2.05) is 0 Å². The zero-order valence-electron chi connectivity index (χ0n) is 8.54. The van der Waals surface area contributed by atoms with Crippen molar-refractivity contribution in [1.29, 1.82) is 0 Å². The molecule has 5 heteroatoms. The first kappa shape index (κ1) is 12.3. The van der Waals surface area contributed by atoms with Gasteiger partial charge in [-0.15, -0.1) is 0 Å². The number of furan rings is 1. The summed E-state index contributed by atoms with van der Waals surface area (Å²) in [5.41, 5.74) is 0.667. The molecule has 0 unspecified atom stereocenters. The maximum atomic E-state index is 13.4. The molecule has 0 aliphatic carbocycles. The van der Waals surface area contributed by atoms with Gasteiger partial charge in [0.05, 0.1) is 11.8 Å². The van der Waals surface area contributed by atoms with Gasteiger partial charge in [0.15, 0.2) is 10.5 Å². The molecule has 0 radical (unpaired) electrons. The predicted molar refractivity (Wildman–Crippen MR) is 65.9 cm³/mol. The SMILES string of the molecule is O=C(Cc1cc(Cl)ccc1F)c1ccoc1Br. The fourth-order valence-corrected chi connectivity index (χ4v) is 2.10. The van der Waals surface area contributed by atoms with Crippen LogP contribution in [0.2, 0.25) is 5.02 Å². The topological polar surface area (TPSA) is 30.2 Å². The molecule has 0 fully saturated rings. The molecule has 1 heterocycles. The molecule has 0 N–H and O–H groups in total. The molecule has 1 aromatic heterocycles. The van der Waals surface area contributed by atoms with Crippen molar-refractivity contribution >= 4 is 33.3 Å². The number of carbonyl (C=O) groups excluding carboxylic acids is 1. The molecule has 0 aliphatic rings. The van der Waals surface area contributed by atoms with E-state index >= 15 is 0 Å². The van der Waals surface area contributed by atoms with Crippen molar-refractivity contribution in [1.82, 2.24) is 0 Å². The second kappa shape index (κ2) is 5.02. The Morgan fingerprint density at radius 3 is 2.82 bits per heavy atom. The lowest BCUT2D eigenvalue weighted by atomic mass is 10.1. The minimum atomic E-state index is -0.442. The number of carbonyl (C=O) groups is 1. The van der Waals surface area contributed by atoms with Crippen LogP contribution in [0.4, 0.5) is 4.39 Å². The summed E-state index contributed by atoms with van der Waals surface area (Å²) in [5, 5.41) is 0.403. The molecule has 0 amide bonds. The number of benzene rings is 1. The smallest absolute Gasteiger partial charge is 0.179 e. The van der Waals surface area contributed by atoms with E-state index in [9.17, 15) is 9.18 Å². The van der Waals surface area contributed by atoms with Crippen LogP contribution in [0.3, 0.4) is 0 Å². The Morgan fingerprint density at radius 1 is 1.41 bits per heavy atom. The minimum Gasteiger partial charge on any atom is -0.457 e. The van der Waals surface area contributed by atoms with Crippen LogP contribution in [0.1, 0.15) is 15.9 Å². The number of halogens is 3. The van der Waals surface area contributed by atoms with Gasteiger partial charge < -0.3 is 4.42 Å². The van der Waals surface area contributed by atoms with Gasteiger partial charge in [-0.25, -0.2) is 4.39 Å². The van der Waals surface area contributed by atoms with Gasteiger partial charge in [-0.3, -0.25) is 4.79 Å². The number of hydrogen-bond donors (Lipinski definition) is 0. The zero-order chi connectivity index (χ0) is 12.4. The molecule has 2 nitrogen and oxygen atoms in total. The summed E-state index contributed by atoms with van der Waals surface area (Å²) < 4.78 is 18.7. The first-order chi connectivity index (χ1) is 8.08. The molecule has 0 saturated carbocycles. The first-order valence-electron chi connectivity index (χ1n) is 4.78. The van der Waals surface area contributed by atoms with E-state index in [-0.39, 0.29) is 17.8 Å². The summed E-state index contributed by atoms with van der Waals surface area (Å²) in [5.74, 6) is -0.672. The van der Waals surface area contributed by atoms with E-state index in [1.165, 1.54) is 30.5 Å². The van der Waals surface area contributed by atoms with Crippen LogP contribution in [0.15, 0.2) is 39.6 Å². The lowest BCUT2D eigenvalue weighted by Crippen LogP contribution is -2.04. The first-order valence-corrected chi connectivity index (χ1v) is 5.95. The van der Waals surface area contributed by atoms with Gasteiger partial charge in [-0.2, -0.15) is 0 Å². The summed E-state index contributed by atoms with van der Waals surface area (Å²) in [6.45, 7) is 0. The highest BCUT2D eigenvalue weighted by Gasteiger charge is 2.15. The standard InChI is InChI=1S/C12H7BrClFO2/c13-12-9(3-4-17-12)11(16)6-7-5-8(14)1-2-10(7)15/h1-5H,6H2. The van der Waals surface area contributed by atoms with Gasteiger partial charge in [0, 0.05) is 11.4 Å². The van der Waals surface area contributed by atoms with Crippen LogP contribution in [0.5, 0.6) is 0 Å². The summed E-state index contributed by atoms with van der Waals surface area (Å²) >= 11 is 8.86. The Kier molecular flexibility index (Phi) is 3.64. The molecule has 17 heavy (non-hydrogen) atoms. The highest BCUT2D eigenvalue weighted by atomic mass is 79.9. The molecular formula is C12H7BrClFO2. The molecule has 2 aromatic rings. The molecular weight excluding hydrogens is 310 g/mol. The molecule has 0 bridgehead atoms. The van der Waals surface area contributed by atoms with Crippen molar-refractivity contribution in [2.75, 3.05) is 0 Å². The lowest BCUT2D eigenvalue weighted by Gasteiger charge is -2.02. The van der Waals surface area contributed by atoms with E-state index in [2.05, 4.69) is 15.9 Å². The fourth-order valence-electron chi connectivity index (χ4n) is 1.44. The van der Waals surface area contributed by atoms with Crippen molar-refractivity contribution in [2.24, 2.45) is 0 Å². The Balaban J connectivity index is 2.24. The van der Waals surface area contributed by atoms with Crippen molar-refractivity contribution in [3.63, 3.8) is 0 Å². The molecule has 1 aromatic carbocycles. The van der Waals surface area contributed by atoms with Crippen LogP contribution >= 0.6 is 27.5 Å². The quantitative estimate of drug-likeness (QED) is 0.792. The minimum absolute atomic E-state index is 0.0511.